The number of carbonyl (C=O) groups is 2. The lowest BCUT2D eigenvalue weighted by Gasteiger charge is -2.39. The second-order valence-corrected chi connectivity index (χ2v) is 32.9. The number of aliphatic imine (C=N–C) groups is 1. The Balaban J connectivity index is 0.000000495. The number of hydrogen-bond acceptors (Lipinski definition) is 21. The summed E-state index contributed by atoms with van der Waals surface area (Å²) in [7, 11) is 1.66. The largest absolute Gasteiger partial charge is 0.545 e. The van der Waals surface area contributed by atoms with Gasteiger partial charge in [0.25, 0.3) is 0 Å². The number of quaternary nitrogens is 2. The molecule has 2 saturated carbocycles. The summed E-state index contributed by atoms with van der Waals surface area (Å²) in [6.45, 7) is 44.1. The molecule has 2 saturated heterocycles. The molecule has 0 spiro atoms. The third kappa shape index (κ3) is 61.2. The number of aromatic amines is 1. The number of aromatic carboxylic acids is 1. The van der Waals surface area contributed by atoms with E-state index >= 15 is 0 Å². The van der Waals surface area contributed by atoms with Gasteiger partial charge in [-0.25, -0.2) is 9.98 Å². The lowest BCUT2D eigenvalue weighted by molar-refractivity contribution is -0.929. The van der Waals surface area contributed by atoms with E-state index in [9.17, 15) is 19.8 Å². The fourth-order valence-electron chi connectivity index (χ4n) is 15.1. The third-order valence-electron chi connectivity index (χ3n) is 22.5. The Kier molecular flexibility index (Phi) is 76.0. The van der Waals surface area contributed by atoms with Crippen molar-refractivity contribution in [3.8, 4) is 11.4 Å². The molecular weight excluding hydrogens is 1580 g/mol. The number of rotatable bonds is 61. The normalized spacial score (nSPS) is 14.7. The number of carbonyl (C=O) groups excluding carboxylic acids is 2. The van der Waals surface area contributed by atoms with E-state index in [0.717, 1.165) is 158 Å². The van der Waals surface area contributed by atoms with Gasteiger partial charge in [-0.1, -0.05) is 205 Å². The average Bonchev–Trinajstić information content (AvgIpc) is 1.67. The number of ether oxygens (including phenoxy) is 10. The highest BCUT2D eigenvalue weighted by Crippen LogP contribution is 2.24. The second kappa shape index (κ2) is 82.1. The lowest BCUT2D eigenvalue weighted by Crippen LogP contribution is -2.55. The molecule has 26 nitrogen and oxygen atoms in total. The first kappa shape index (κ1) is 115. The lowest BCUT2D eigenvalue weighted by atomic mass is 9.95. The van der Waals surface area contributed by atoms with Crippen molar-refractivity contribution in [1.82, 2.24) is 30.0 Å². The number of aromatic nitrogens is 2. The van der Waals surface area contributed by atoms with Crippen molar-refractivity contribution >= 4 is 28.9 Å². The molecule has 1 aromatic heterocycles. The SMILES string of the molecule is C1CCC(N=C(NC2CCCCC2)N2CCOCC2)CC1.CCCCC[N+](CCCCC)(CCCCC)CC(=O)[O-].CCCC[N+](CCCC)(CCCC)CCCC.COCCOCCOCCOCCN1CCOCC1.O=C([O-])c1ccccc1.OCCCN(CCOCCOCCO)CCOCCOCCO.c1ccc(-c2nc3ccccc3[nH]2)cc1. The van der Waals surface area contributed by atoms with Crippen molar-refractivity contribution in [2.75, 3.05) is 257 Å². The minimum atomic E-state index is -1.13. The van der Waals surface area contributed by atoms with Crippen LogP contribution in [0, 0.1) is 0 Å². The molecule has 8 rings (SSSR count). The monoisotopic (exact) mass is 1750 g/mol. The van der Waals surface area contributed by atoms with Gasteiger partial charge in [-0.2, -0.15) is 0 Å². The van der Waals surface area contributed by atoms with Gasteiger partial charge in [0.2, 0.25) is 0 Å². The fourth-order valence-corrected chi connectivity index (χ4v) is 15.1. The summed E-state index contributed by atoms with van der Waals surface area (Å²) in [5.41, 5.74) is 3.43. The third-order valence-corrected chi connectivity index (χ3v) is 22.5. The number of benzene rings is 3. The smallest absolute Gasteiger partial charge is 0.194 e. The predicted octanol–water partition coefficient (Wildman–Crippen LogP) is 13.1. The number of fused-ring (bicyclic) bond motifs is 1. The number of unbranched alkanes of at least 4 members (excludes halogenated alkanes) is 10. The van der Waals surface area contributed by atoms with E-state index in [2.05, 4.69) is 90.6 Å². The van der Waals surface area contributed by atoms with Crippen LogP contribution in [0.1, 0.15) is 239 Å². The number of aliphatic hydroxyl groups is 3. The average molecular weight is 1750 g/mol. The maximum atomic E-state index is 11.2. The number of carboxylic acids is 2. The van der Waals surface area contributed by atoms with E-state index in [1.807, 2.05) is 42.5 Å². The van der Waals surface area contributed by atoms with Gasteiger partial charge in [0, 0.05) is 77.7 Å². The number of carboxylic acid groups (broad SMARTS) is 2. The molecule has 0 unspecified atom stereocenters. The first-order valence-electron chi connectivity index (χ1n) is 48.5. The van der Waals surface area contributed by atoms with Gasteiger partial charge in [-0.3, -0.25) is 9.80 Å². The Labute approximate surface area is 751 Å². The maximum Gasteiger partial charge on any atom is 0.194 e. The second-order valence-electron chi connectivity index (χ2n) is 32.9. The molecule has 2 aliphatic heterocycles. The van der Waals surface area contributed by atoms with Crippen LogP contribution < -0.4 is 15.5 Å². The molecule has 0 bridgehead atoms. The Morgan fingerprint density at radius 1 is 0.476 bits per heavy atom. The highest BCUT2D eigenvalue weighted by atomic mass is 16.6. The summed E-state index contributed by atoms with van der Waals surface area (Å²) in [6, 6.07) is 27.5. The fraction of sp³-hybridized carbons (Fsp3) is 0.776. The Morgan fingerprint density at radius 2 is 0.895 bits per heavy atom. The number of nitrogens with one attached hydrogen (secondary N) is 2. The van der Waals surface area contributed by atoms with E-state index in [-0.39, 0.29) is 31.9 Å². The van der Waals surface area contributed by atoms with Crippen molar-refractivity contribution in [3.05, 3.63) is 90.5 Å². The standard InChI is InChI=1S/C17H31N3O.C17H35NO2.C16H36N.C15H33NO7.C13H10N2.C13H27NO5.C7H6O2/c1-3-7-15(8-4-1)18-17(20-11-13-21-14-12-20)19-16-9-5-2-6-10-16;1-4-7-10-13-18(16-17(19)20,14-11-8-5-2)15-12-9-6-3;1-5-9-13-17(14-10-6-2,15-11-7-3)16-12-8-4;17-5-1-2-16(3-8-20-12-14-22-10-6-18)4-9-21-13-15-23-11-7-19;1-2-6-10(7-3-1)13-14-11-8-4-5-9-12(11)15-13;1-15-8-9-18-12-13-19-11-10-17-7-4-14-2-5-16-6-3-14;8-7(9)6-4-2-1-3-5-6/h15-16H,1-14H2,(H,18,19);4-16H2,1-3H3;5-16H2,1-4H3;17-19H,1-15H2;1-9H,(H,14,15);2-13H2,1H3;1-5H,(H,8,9)/q;;+1;;;;/p-1. The number of hydrogen-bond donors (Lipinski definition) is 5. The topological polar surface area (TPSA) is 296 Å². The Bertz CT molecular complexity index is 2880. The van der Waals surface area contributed by atoms with E-state index < -0.39 is 11.9 Å². The maximum absolute atomic E-state index is 11.2. The summed E-state index contributed by atoms with van der Waals surface area (Å²) in [5.74, 6) is 0.0963. The Hall–Kier alpha value is -5.34. The predicted molar refractivity (Wildman–Crippen MR) is 499 cm³/mol. The summed E-state index contributed by atoms with van der Waals surface area (Å²) in [5, 5.41) is 51.1. The van der Waals surface area contributed by atoms with Crippen molar-refractivity contribution < 1.29 is 91.5 Å². The zero-order chi connectivity index (χ0) is 90.0. The molecule has 716 valence electrons. The number of aliphatic carboxylic acids is 1. The van der Waals surface area contributed by atoms with Gasteiger partial charge < -0.3 is 107 Å². The van der Waals surface area contributed by atoms with Gasteiger partial charge in [-0.05, 0) is 114 Å². The highest BCUT2D eigenvalue weighted by molar-refractivity contribution is 5.85. The quantitative estimate of drug-likeness (QED) is 0.0119. The molecule has 4 fully saturated rings. The van der Waals surface area contributed by atoms with Crippen LogP contribution in [-0.4, -0.2) is 336 Å². The van der Waals surface area contributed by atoms with Crippen LogP contribution in [0.15, 0.2) is 89.9 Å². The van der Waals surface area contributed by atoms with Crippen LogP contribution in [0.2, 0.25) is 0 Å². The first-order valence-corrected chi connectivity index (χ1v) is 48.5. The Morgan fingerprint density at radius 3 is 1.33 bits per heavy atom. The molecule has 3 heterocycles. The van der Waals surface area contributed by atoms with Crippen LogP contribution in [0.5, 0.6) is 0 Å². The number of aliphatic hydroxyl groups excluding tert-OH is 3. The van der Waals surface area contributed by atoms with Crippen LogP contribution >= 0.6 is 0 Å². The van der Waals surface area contributed by atoms with Crippen molar-refractivity contribution in [3.63, 3.8) is 0 Å². The van der Waals surface area contributed by atoms with Gasteiger partial charge in [-0.15, -0.1) is 0 Å². The van der Waals surface area contributed by atoms with Crippen molar-refractivity contribution in [2.45, 2.75) is 240 Å². The molecule has 4 aliphatic rings. The van der Waals surface area contributed by atoms with Crippen molar-refractivity contribution in [1.29, 1.82) is 0 Å². The number of H-pyrrole nitrogens is 1. The summed E-state index contributed by atoms with van der Waals surface area (Å²) >= 11 is 0. The molecular formula is C98H177N9O17. The van der Waals surface area contributed by atoms with Crippen LogP contribution in [0.4, 0.5) is 0 Å². The number of methoxy groups -OCH3 is 1. The molecule has 5 N–H and O–H groups in total. The van der Waals surface area contributed by atoms with Gasteiger partial charge in [0.1, 0.15) is 12.4 Å². The molecule has 0 radical (unpaired) electrons. The van der Waals surface area contributed by atoms with E-state index in [1.54, 1.807) is 25.3 Å². The van der Waals surface area contributed by atoms with E-state index in [1.165, 1.54) is 203 Å². The number of imidazole rings is 1. The van der Waals surface area contributed by atoms with Gasteiger partial charge in [0.05, 0.1) is 214 Å². The summed E-state index contributed by atoms with van der Waals surface area (Å²) in [6.07, 6.45) is 35.8. The molecule has 2 aliphatic carbocycles. The number of morpholine rings is 2. The molecule has 3 aromatic carbocycles. The van der Waals surface area contributed by atoms with Crippen molar-refractivity contribution in [2.24, 2.45) is 4.99 Å². The van der Waals surface area contributed by atoms with Crippen LogP contribution in [0.25, 0.3) is 22.4 Å². The molecule has 26 heteroatoms. The molecule has 0 atom stereocenters. The van der Waals surface area contributed by atoms with Gasteiger partial charge >= 0.3 is 0 Å². The van der Waals surface area contributed by atoms with Crippen LogP contribution in [-0.2, 0) is 52.2 Å². The summed E-state index contributed by atoms with van der Waals surface area (Å²) in [4.78, 5) is 41.2. The number of para-hydroxylation sites is 2. The van der Waals surface area contributed by atoms with Gasteiger partial charge in [0.15, 0.2) is 5.96 Å². The van der Waals surface area contributed by atoms with E-state index in [0.29, 0.717) is 105 Å². The molecule has 0 amide bonds. The zero-order valence-corrected chi connectivity index (χ0v) is 79.1. The molecule has 124 heavy (non-hydrogen) atoms. The highest BCUT2D eigenvalue weighted by Gasteiger charge is 2.28. The number of guanidine groups is 1. The van der Waals surface area contributed by atoms with Crippen LogP contribution in [0.3, 0.4) is 0 Å². The minimum Gasteiger partial charge on any atom is -0.545 e. The number of nitrogens with zero attached hydrogens (tertiary/aromatic N) is 7. The molecule has 4 aromatic rings. The zero-order valence-electron chi connectivity index (χ0n) is 79.1. The minimum absolute atomic E-state index is 0.0278. The summed E-state index contributed by atoms with van der Waals surface area (Å²) < 4.78 is 55.1. The van der Waals surface area contributed by atoms with E-state index in [4.69, 9.17) is 67.7 Å². The first-order chi connectivity index (χ1) is 60.8.